The topological polar surface area (TPSA) is 47.6 Å². The van der Waals surface area contributed by atoms with Crippen molar-refractivity contribution in [3.8, 4) is 0 Å². The number of nitrogens with one attached hydrogen (secondary N) is 1. The predicted molar refractivity (Wildman–Crippen MR) is 96.4 cm³/mol. The minimum atomic E-state index is 0.0967. The molecule has 4 nitrogen and oxygen atoms in total. The van der Waals surface area contributed by atoms with Crippen molar-refractivity contribution < 1.29 is 14.3 Å². The van der Waals surface area contributed by atoms with E-state index in [1.807, 2.05) is 11.8 Å². The van der Waals surface area contributed by atoms with Crippen LogP contribution in [0.3, 0.4) is 0 Å². The Hall–Kier alpha value is -1.04. The zero-order chi connectivity index (χ0) is 16.9. The van der Waals surface area contributed by atoms with Crippen LogP contribution < -0.4 is 5.32 Å². The van der Waals surface area contributed by atoms with Crippen LogP contribution >= 0.6 is 11.8 Å². The summed E-state index contributed by atoms with van der Waals surface area (Å²) in [6.07, 6.45) is 3.61. The molecule has 1 aromatic carbocycles. The molecule has 1 N–H and O–H groups in total. The fraction of sp³-hybridized carbons (Fsp3) is 0.632. The molecule has 2 aliphatic rings. The second-order valence-corrected chi connectivity index (χ2v) is 8.53. The number of rotatable bonds is 5. The van der Waals surface area contributed by atoms with E-state index in [0.717, 1.165) is 24.8 Å². The van der Waals surface area contributed by atoms with Crippen molar-refractivity contribution in [2.24, 2.45) is 0 Å². The summed E-state index contributed by atoms with van der Waals surface area (Å²) < 4.78 is 11.5. The lowest BCUT2D eigenvalue weighted by Gasteiger charge is -2.39. The van der Waals surface area contributed by atoms with E-state index in [4.69, 9.17) is 9.47 Å². The Balaban J connectivity index is 1.47. The van der Waals surface area contributed by atoms with Crippen LogP contribution in [0.5, 0.6) is 0 Å². The largest absolute Gasteiger partial charge is 0.373 e. The van der Waals surface area contributed by atoms with Crippen LogP contribution in [0.4, 0.5) is 0 Å². The zero-order valence-electron chi connectivity index (χ0n) is 14.5. The molecule has 1 aliphatic carbocycles. The van der Waals surface area contributed by atoms with Gasteiger partial charge in [-0.05, 0) is 37.0 Å². The van der Waals surface area contributed by atoms with Crippen molar-refractivity contribution in [1.29, 1.82) is 0 Å². The number of benzene rings is 1. The van der Waals surface area contributed by atoms with Gasteiger partial charge in [-0.25, -0.2) is 0 Å². The third-order valence-electron chi connectivity index (χ3n) is 4.50. The Morgan fingerprint density at radius 3 is 2.58 bits per heavy atom. The van der Waals surface area contributed by atoms with Gasteiger partial charge in [0.2, 0.25) is 5.91 Å². The molecule has 1 aromatic rings. The molecule has 0 bridgehead atoms. The summed E-state index contributed by atoms with van der Waals surface area (Å²) in [6, 6.07) is 8.52. The third kappa shape index (κ3) is 4.98. The van der Waals surface area contributed by atoms with Crippen LogP contribution in [0.15, 0.2) is 29.2 Å². The van der Waals surface area contributed by atoms with E-state index in [2.05, 4.69) is 43.4 Å². The van der Waals surface area contributed by atoms with Gasteiger partial charge < -0.3 is 14.8 Å². The van der Waals surface area contributed by atoms with E-state index in [1.165, 1.54) is 4.90 Å². The molecule has 1 saturated carbocycles. The fourth-order valence-electron chi connectivity index (χ4n) is 3.42. The lowest BCUT2D eigenvalue weighted by molar-refractivity contribution is -0.158. The monoisotopic (exact) mass is 349 g/mol. The van der Waals surface area contributed by atoms with Crippen molar-refractivity contribution in [3.05, 3.63) is 29.8 Å². The molecule has 0 aromatic heterocycles. The van der Waals surface area contributed by atoms with Crippen LogP contribution in [0.2, 0.25) is 0 Å². The lowest BCUT2D eigenvalue weighted by Crippen LogP contribution is -2.49. The van der Waals surface area contributed by atoms with Gasteiger partial charge in [0.1, 0.15) is 0 Å². The van der Waals surface area contributed by atoms with Crippen LogP contribution in [0.1, 0.15) is 38.7 Å². The predicted octanol–water partition coefficient (Wildman–Crippen LogP) is 3.18. The molecule has 2 fully saturated rings. The number of thioether (sulfide) groups is 1. The van der Waals surface area contributed by atoms with E-state index in [9.17, 15) is 4.79 Å². The Morgan fingerprint density at radius 1 is 1.17 bits per heavy atom. The highest BCUT2D eigenvalue weighted by molar-refractivity contribution is 7.99. The second kappa shape index (κ2) is 8.37. The smallest absolute Gasteiger partial charge is 0.224 e. The highest BCUT2D eigenvalue weighted by atomic mass is 32.2. The quantitative estimate of drug-likeness (QED) is 0.830. The molecule has 3 rings (SSSR count). The van der Waals surface area contributed by atoms with E-state index in [-0.39, 0.29) is 24.2 Å². The van der Waals surface area contributed by atoms with E-state index in [0.29, 0.717) is 24.9 Å². The molecule has 0 radical (unpaired) electrons. The number of ether oxygens (including phenoxy) is 2. The zero-order valence-corrected chi connectivity index (χ0v) is 15.3. The normalized spacial score (nSPS) is 26.9. The molecule has 1 amide bonds. The van der Waals surface area contributed by atoms with Crippen LogP contribution in [-0.2, 0) is 20.7 Å². The van der Waals surface area contributed by atoms with E-state index < -0.39 is 0 Å². The molecule has 0 unspecified atom stereocenters. The molecular weight excluding hydrogens is 322 g/mol. The summed E-state index contributed by atoms with van der Waals surface area (Å²) in [5, 5.41) is 3.74. The summed E-state index contributed by atoms with van der Waals surface area (Å²) in [5.41, 5.74) is 1.06. The van der Waals surface area contributed by atoms with E-state index >= 15 is 0 Å². The molecule has 1 heterocycles. The average Bonchev–Trinajstić information content (AvgIpc) is 2.56. The molecule has 5 heteroatoms. The van der Waals surface area contributed by atoms with Crippen molar-refractivity contribution in [2.45, 2.75) is 67.9 Å². The number of hydrogen-bond acceptors (Lipinski definition) is 4. The van der Waals surface area contributed by atoms with Gasteiger partial charge in [0.15, 0.2) is 0 Å². The van der Waals surface area contributed by atoms with Gasteiger partial charge in [-0.15, -0.1) is 11.8 Å². The minimum absolute atomic E-state index is 0.0967. The highest BCUT2D eigenvalue weighted by Gasteiger charge is 2.34. The maximum atomic E-state index is 12.3. The summed E-state index contributed by atoms with van der Waals surface area (Å²) in [7, 11) is 0. The Labute approximate surface area is 148 Å². The van der Waals surface area contributed by atoms with Crippen molar-refractivity contribution >= 4 is 17.7 Å². The molecule has 1 aliphatic heterocycles. The molecular formula is C19H27NO3S. The lowest BCUT2D eigenvalue weighted by atomic mass is 9.89. The van der Waals surface area contributed by atoms with Crippen molar-refractivity contribution in [3.63, 3.8) is 0 Å². The Bertz CT molecular complexity index is 546. The first kappa shape index (κ1) is 17.8. The van der Waals surface area contributed by atoms with Crippen LogP contribution in [0.25, 0.3) is 0 Å². The van der Waals surface area contributed by atoms with E-state index in [1.54, 1.807) is 0 Å². The molecule has 1 saturated heterocycles. The fourth-order valence-corrected chi connectivity index (χ4v) is 4.26. The third-order valence-corrected chi connectivity index (χ3v) is 5.52. The highest BCUT2D eigenvalue weighted by Crippen LogP contribution is 2.27. The van der Waals surface area contributed by atoms with Gasteiger partial charge >= 0.3 is 0 Å². The van der Waals surface area contributed by atoms with Crippen LogP contribution in [0, 0.1) is 0 Å². The number of carbonyl (C=O) groups is 1. The Morgan fingerprint density at radius 2 is 1.88 bits per heavy atom. The standard InChI is InChI=1S/C19H27NO3S/c1-13(2)24-16-6-3-14(4-7-16)11-19(21)20-15-5-8-17-18(12-15)23-10-9-22-17/h3-4,6-7,13,15,17-18H,5,8-12H2,1-2H3,(H,20,21)/t15-,17-,18+/m1/s1. The number of hydrogen-bond donors (Lipinski definition) is 1. The van der Waals surface area contributed by atoms with Gasteiger partial charge in [-0.1, -0.05) is 26.0 Å². The minimum Gasteiger partial charge on any atom is -0.373 e. The number of amides is 1. The van der Waals surface area contributed by atoms with Crippen molar-refractivity contribution in [1.82, 2.24) is 5.32 Å². The second-order valence-electron chi connectivity index (χ2n) is 6.88. The van der Waals surface area contributed by atoms with Gasteiger partial charge in [0, 0.05) is 16.2 Å². The maximum absolute atomic E-state index is 12.3. The molecule has 3 atom stereocenters. The van der Waals surface area contributed by atoms with Gasteiger partial charge in [-0.2, -0.15) is 0 Å². The molecule has 24 heavy (non-hydrogen) atoms. The molecule has 132 valence electrons. The number of fused-ring (bicyclic) bond motifs is 1. The summed E-state index contributed by atoms with van der Waals surface area (Å²) in [6.45, 7) is 5.73. The first-order valence-corrected chi connectivity index (χ1v) is 9.76. The average molecular weight is 349 g/mol. The maximum Gasteiger partial charge on any atom is 0.224 e. The molecule has 0 spiro atoms. The summed E-state index contributed by atoms with van der Waals surface area (Å²) >= 11 is 1.84. The van der Waals surface area contributed by atoms with Gasteiger partial charge in [0.25, 0.3) is 0 Å². The summed E-state index contributed by atoms with van der Waals surface area (Å²) in [5.74, 6) is 0.0967. The summed E-state index contributed by atoms with van der Waals surface area (Å²) in [4.78, 5) is 13.6. The SMILES string of the molecule is CC(C)Sc1ccc(CC(=O)N[C@@H]2CC[C@H]3OCCO[C@H]3C2)cc1. The van der Waals surface area contributed by atoms with Gasteiger partial charge in [0.05, 0.1) is 31.8 Å². The first-order chi connectivity index (χ1) is 11.6. The Kier molecular flexibility index (Phi) is 6.19. The van der Waals surface area contributed by atoms with Gasteiger partial charge in [-0.3, -0.25) is 4.79 Å². The first-order valence-electron chi connectivity index (χ1n) is 8.88. The van der Waals surface area contributed by atoms with Crippen molar-refractivity contribution in [2.75, 3.05) is 13.2 Å². The number of carbonyl (C=O) groups excluding carboxylic acids is 1. The van der Waals surface area contributed by atoms with Crippen LogP contribution in [-0.4, -0.2) is 42.6 Å².